The van der Waals surface area contributed by atoms with Gasteiger partial charge < -0.3 is 15.7 Å². The minimum absolute atomic E-state index is 0.247. The average Bonchev–Trinajstić information content (AvgIpc) is 3.21. The van der Waals surface area contributed by atoms with Crippen molar-refractivity contribution in [2.75, 3.05) is 11.9 Å². The van der Waals surface area contributed by atoms with E-state index in [4.69, 9.17) is 5.11 Å². The van der Waals surface area contributed by atoms with Crippen LogP contribution in [0.5, 0.6) is 0 Å². The van der Waals surface area contributed by atoms with Gasteiger partial charge in [0.2, 0.25) is 11.8 Å². The molecule has 21 heavy (non-hydrogen) atoms. The lowest BCUT2D eigenvalue weighted by atomic mass is 10.1. The summed E-state index contributed by atoms with van der Waals surface area (Å²) in [4.78, 5) is 34.5. The number of carbonyl (C=O) groups excluding carboxylic acids is 2. The lowest BCUT2D eigenvalue weighted by molar-refractivity contribution is -0.149. The molecular weight excluding hydrogens is 340 g/mol. The molecule has 7 heteroatoms. The fourth-order valence-electron chi connectivity index (χ4n) is 1.95. The number of hydrogen-bond acceptors (Lipinski definition) is 3. The van der Waals surface area contributed by atoms with Crippen molar-refractivity contribution in [1.29, 1.82) is 0 Å². The Labute approximate surface area is 130 Å². The third kappa shape index (κ3) is 3.41. The second-order valence-electron chi connectivity index (χ2n) is 5.08. The fourth-order valence-corrected chi connectivity index (χ4v) is 2.43. The molecule has 1 aromatic carbocycles. The number of amides is 2. The number of anilines is 1. The average molecular weight is 355 g/mol. The van der Waals surface area contributed by atoms with Crippen molar-refractivity contribution in [1.82, 2.24) is 5.32 Å². The molecular formula is C14H15BrN2O4. The van der Waals surface area contributed by atoms with E-state index in [1.807, 2.05) is 13.0 Å². The highest BCUT2D eigenvalue weighted by Crippen LogP contribution is 2.45. The highest BCUT2D eigenvalue weighted by Gasteiger charge is 2.57. The Morgan fingerprint density at radius 2 is 2.00 bits per heavy atom. The summed E-state index contributed by atoms with van der Waals surface area (Å²) >= 11 is 3.33. The van der Waals surface area contributed by atoms with Crippen LogP contribution in [0.2, 0.25) is 0 Å². The van der Waals surface area contributed by atoms with Gasteiger partial charge in [0.05, 0.1) is 6.54 Å². The molecule has 1 fully saturated rings. The summed E-state index contributed by atoms with van der Waals surface area (Å²) in [5.41, 5.74) is 0.207. The predicted molar refractivity (Wildman–Crippen MR) is 79.8 cm³/mol. The molecule has 1 aliphatic rings. The molecule has 0 atom stereocenters. The number of carbonyl (C=O) groups is 3. The van der Waals surface area contributed by atoms with Gasteiger partial charge in [-0.15, -0.1) is 0 Å². The van der Waals surface area contributed by atoms with E-state index in [9.17, 15) is 14.4 Å². The Balaban J connectivity index is 1.88. The molecule has 112 valence electrons. The summed E-state index contributed by atoms with van der Waals surface area (Å²) in [5.74, 6) is -2.13. The van der Waals surface area contributed by atoms with Gasteiger partial charge in [-0.3, -0.25) is 14.4 Å². The van der Waals surface area contributed by atoms with Crippen LogP contribution in [0.4, 0.5) is 5.69 Å². The molecule has 0 saturated heterocycles. The van der Waals surface area contributed by atoms with Crippen LogP contribution in [0.3, 0.4) is 0 Å². The number of hydrogen-bond donors (Lipinski definition) is 3. The van der Waals surface area contributed by atoms with E-state index < -0.39 is 23.2 Å². The standard InChI is InChI=1S/C14H15BrN2O4/c1-8-6-9(15)2-3-10(8)17-11(18)7-16-12(19)14(4-5-14)13(20)21/h2-3,6H,4-5,7H2,1H3,(H,16,19)(H,17,18)(H,20,21). The van der Waals surface area contributed by atoms with Gasteiger partial charge in [0, 0.05) is 10.2 Å². The van der Waals surface area contributed by atoms with Crippen LogP contribution in [-0.4, -0.2) is 29.4 Å². The molecule has 2 amide bonds. The molecule has 6 nitrogen and oxygen atoms in total. The van der Waals surface area contributed by atoms with Crippen molar-refractivity contribution >= 4 is 39.4 Å². The van der Waals surface area contributed by atoms with E-state index in [-0.39, 0.29) is 6.54 Å². The molecule has 0 heterocycles. The van der Waals surface area contributed by atoms with Gasteiger partial charge in [0.1, 0.15) is 5.41 Å². The molecule has 0 spiro atoms. The van der Waals surface area contributed by atoms with E-state index in [1.165, 1.54) is 0 Å². The van der Waals surface area contributed by atoms with Crippen molar-refractivity contribution in [2.45, 2.75) is 19.8 Å². The molecule has 0 aliphatic heterocycles. The Morgan fingerprint density at radius 3 is 2.52 bits per heavy atom. The maximum atomic E-state index is 11.8. The minimum Gasteiger partial charge on any atom is -0.480 e. The van der Waals surface area contributed by atoms with Crippen molar-refractivity contribution < 1.29 is 19.5 Å². The van der Waals surface area contributed by atoms with Crippen LogP contribution in [0.1, 0.15) is 18.4 Å². The van der Waals surface area contributed by atoms with E-state index in [0.717, 1.165) is 10.0 Å². The van der Waals surface area contributed by atoms with Gasteiger partial charge in [0.15, 0.2) is 0 Å². The van der Waals surface area contributed by atoms with Gasteiger partial charge in [-0.1, -0.05) is 15.9 Å². The molecule has 1 saturated carbocycles. The monoisotopic (exact) mass is 354 g/mol. The Morgan fingerprint density at radius 1 is 1.33 bits per heavy atom. The smallest absolute Gasteiger partial charge is 0.319 e. The Bertz CT molecular complexity index is 611. The number of rotatable bonds is 5. The fraction of sp³-hybridized carbons (Fsp3) is 0.357. The Kier molecular flexibility index (Phi) is 4.32. The first-order valence-electron chi connectivity index (χ1n) is 6.43. The first-order valence-corrected chi connectivity index (χ1v) is 7.22. The lowest BCUT2D eigenvalue weighted by Gasteiger charge is -2.12. The predicted octanol–water partition coefficient (Wildman–Crippen LogP) is 1.68. The first-order chi connectivity index (χ1) is 9.85. The Hall–Kier alpha value is -1.89. The summed E-state index contributed by atoms with van der Waals surface area (Å²) in [7, 11) is 0. The van der Waals surface area contributed by atoms with Gasteiger partial charge in [0.25, 0.3) is 0 Å². The SMILES string of the molecule is Cc1cc(Br)ccc1NC(=O)CNC(=O)C1(C(=O)O)CC1. The van der Waals surface area contributed by atoms with E-state index >= 15 is 0 Å². The molecule has 3 N–H and O–H groups in total. The maximum Gasteiger partial charge on any atom is 0.319 e. The third-order valence-electron chi connectivity index (χ3n) is 3.47. The summed E-state index contributed by atoms with van der Waals surface area (Å²) in [5, 5.41) is 14.0. The number of carboxylic acid groups (broad SMARTS) is 1. The van der Waals surface area contributed by atoms with Crippen LogP contribution >= 0.6 is 15.9 Å². The molecule has 0 bridgehead atoms. The number of benzene rings is 1. The minimum atomic E-state index is -1.33. The first kappa shape index (κ1) is 15.5. The van der Waals surface area contributed by atoms with Gasteiger partial charge in [-0.05, 0) is 43.5 Å². The van der Waals surface area contributed by atoms with Crippen molar-refractivity contribution in [3.63, 3.8) is 0 Å². The summed E-state index contributed by atoms with van der Waals surface area (Å²) < 4.78 is 0.906. The number of nitrogens with one attached hydrogen (secondary N) is 2. The highest BCUT2D eigenvalue weighted by atomic mass is 79.9. The van der Waals surface area contributed by atoms with Crippen molar-refractivity contribution in [2.24, 2.45) is 5.41 Å². The molecule has 0 aromatic heterocycles. The zero-order chi connectivity index (χ0) is 15.6. The highest BCUT2D eigenvalue weighted by molar-refractivity contribution is 9.10. The normalized spacial score (nSPS) is 15.1. The van der Waals surface area contributed by atoms with Crippen molar-refractivity contribution in [3.8, 4) is 0 Å². The number of aryl methyl sites for hydroxylation is 1. The van der Waals surface area contributed by atoms with Gasteiger partial charge in [-0.25, -0.2) is 0 Å². The topological polar surface area (TPSA) is 95.5 Å². The van der Waals surface area contributed by atoms with Crippen LogP contribution in [-0.2, 0) is 14.4 Å². The lowest BCUT2D eigenvalue weighted by Crippen LogP contribution is -2.40. The summed E-state index contributed by atoms with van der Waals surface area (Å²) in [6.07, 6.45) is 0.642. The van der Waals surface area contributed by atoms with Crippen LogP contribution in [0.25, 0.3) is 0 Å². The van der Waals surface area contributed by atoms with Crippen LogP contribution < -0.4 is 10.6 Å². The van der Waals surface area contributed by atoms with Gasteiger partial charge >= 0.3 is 5.97 Å². The van der Waals surface area contributed by atoms with Crippen LogP contribution in [0.15, 0.2) is 22.7 Å². The zero-order valence-corrected chi connectivity index (χ0v) is 13.0. The maximum absolute atomic E-state index is 11.8. The van der Waals surface area contributed by atoms with E-state index in [2.05, 4.69) is 26.6 Å². The largest absolute Gasteiger partial charge is 0.480 e. The molecule has 2 rings (SSSR count). The zero-order valence-electron chi connectivity index (χ0n) is 11.4. The van der Waals surface area contributed by atoms with Gasteiger partial charge in [-0.2, -0.15) is 0 Å². The van der Waals surface area contributed by atoms with E-state index in [0.29, 0.717) is 18.5 Å². The molecule has 1 aromatic rings. The molecule has 0 radical (unpaired) electrons. The number of halogens is 1. The third-order valence-corrected chi connectivity index (χ3v) is 3.96. The number of aliphatic carboxylic acids is 1. The van der Waals surface area contributed by atoms with Crippen molar-refractivity contribution in [3.05, 3.63) is 28.2 Å². The second-order valence-corrected chi connectivity index (χ2v) is 5.99. The second kappa shape index (κ2) is 5.85. The van der Waals surface area contributed by atoms with Crippen LogP contribution in [0, 0.1) is 12.3 Å². The molecule has 0 unspecified atom stereocenters. The number of carboxylic acids is 1. The summed E-state index contributed by atoms with van der Waals surface area (Å²) in [6, 6.07) is 5.40. The van der Waals surface area contributed by atoms with E-state index in [1.54, 1.807) is 12.1 Å². The molecule has 1 aliphatic carbocycles. The quantitative estimate of drug-likeness (QED) is 0.701. The summed E-state index contributed by atoms with van der Waals surface area (Å²) in [6.45, 7) is 1.60.